The molecule has 1 aliphatic carbocycles. The first-order valence-corrected chi connectivity index (χ1v) is 6.67. The van der Waals surface area contributed by atoms with Crippen LogP contribution in [0.5, 0.6) is 5.75 Å². The summed E-state index contributed by atoms with van der Waals surface area (Å²) >= 11 is 0. The summed E-state index contributed by atoms with van der Waals surface area (Å²) in [5.74, 6) is 1.08. The SMILES string of the molecule is Cc1cc(CN)cc(C)c1OC1CCCCC1. The van der Waals surface area contributed by atoms with E-state index in [1.807, 2.05) is 0 Å². The molecule has 0 unspecified atom stereocenters. The van der Waals surface area contributed by atoms with Crippen molar-refractivity contribution in [3.8, 4) is 5.75 Å². The van der Waals surface area contributed by atoms with Crippen molar-refractivity contribution < 1.29 is 4.74 Å². The van der Waals surface area contributed by atoms with Crippen LogP contribution >= 0.6 is 0 Å². The highest BCUT2D eigenvalue weighted by Gasteiger charge is 2.17. The van der Waals surface area contributed by atoms with Crippen LogP contribution in [-0.2, 0) is 6.54 Å². The van der Waals surface area contributed by atoms with Gasteiger partial charge in [-0.05, 0) is 56.2 Å². The minimum atomic E-state index is 0.421. The molecule has 94 valence electrons. The molecule has 1 aromatic rings. The van der Waals surface area contributed by atoms with E-state index < -0.39 is 0 Å². The molecule has 2 rings (SSSR count). The van der Waals surface area contributed by atoms with Gasteiger partial charge < -0.3 is 10.5 Å². The van der Waals surface area contributed by atoms with E-state index in [1.165, 1.54) is 48.8 Å². The number of hydrogen-bond donors (Lipinski definition) is 1. The number of nitrogens with two attached hydrogens (primary N) is 1. The molecule has 0 atom stereocenters. The van der Waals surface area contributed by atoms with Crippen LogP contribution < -0.4 is 10.5 Å². The van der Waals surface area contributed by atoms with E-state index >= 15 is 0 Å². The first-order valence-electron chi connectivity index (χ1n) is 6.67. The van der Waals surface area contributed by atoms with Crippen LogP contribution in [0.3, 0.4) is 0 Å². The maximum atomic E-state index is 6.18. The summed E-state index contributed by atoms with van der Waals surface area (Å²) in [6.45, 7) is 4.83. The lowest BCUT2D eigenvalue weighted by atomic mass is 9.97. The second kappa shape index (κ2) is 5.54. The van der Waals surface area contributed by atoms with E-state index in [-0.39, 0.29) is 0 Å². The molecule has 0 amide bonds. The van der Waals surface area contributed by atoms with Gasteiger partial charge in [-0.25, -0.2) is 0 Å². The second-order valence-corrected chi connectivity index (χ2v) is 5.14. The van der Waals surface area contributed by atoms with E-state index in [1.54, 1.807) is 0 Å². The van der Waals surface area contributed by atoms with Gasteiger partial charge in [0.2, 0.25) is 0 Å². The van der Waals surface area contributed by atoms with Crippen LogP contribution in [0.2, 0.25) is 0 Å². The van der Waals surface area contributed by atoms with Crippen molar-refractivity contribution in [2.45, 2.75) is 58.6 Å². The van der Waals surface area contributed by atoms with Gasteiger partial charge in [0.1, 0.15) is 5.75 Å². The molecular weight excluding hydrogens is 210 g/mol. The Kier molecular flexibility index (Phi) is 4.06. The summed E-state index contributed by atoms with van der Waals surface area (Å²) in [5, 5.41) is 0. The monoisotopic (exact) mass is 233 g/mol. The molecule has 1 aliphatic rings. The van der Waals surface area contributed by atoms with E-state index in [4.69, 9.17) is 10.5 Å². The highest BCUT2D eigenvalue weighted by molar-refractivity contribution is 5.43. The molecular formula is C15H23NO. The predicted octanol–water partition coefficient (Wildman–Crippen LogP) is 3.47. The summed E-state index contributed by atoms with van der Waals surface area (Å²) in [6, 6.07) is 4.29. The van der Waals surface area contributed by atoms with E-state index in [0.29, 0.717) is 12.6 Å². The molecule has 0 saturated heterocycles. The number of rotatable bonds is 3. The Balaban J connectivity index is 2.14. The highest BCUT2D eigenvalue weighted by atomic mass is 16.5. The van der Waals surface area contributed by atoms with Gasteiger partial charge in [0, 0.05) is 6.54 Å². The fourth-order valence-electron chi connectivity index (χ4n) is 2.69. The van der Waals surface area contributed by atoms with Gasteiger partial charge in [-0.1, -0.05) is 18.6 Å². The quantitative estimate of drug-likeness (QED) is 0.867. The molecule has 2 N–H and O–H groups in total. The molecule has 1 fully saturated rings. The minimum Gasteiger partial charge on any atom is -0.490 e. The summed E-state index contributed by atoms with van der Waals surface area (Å²) in [4.78, 5) is 0. The third-order valence-corrected chi connectivity index (χ3v) is 3.59. The number of ether oxygens (including phenoxy) is 1. The first-order chi connectivity index (χ1) is 8.20. The van der Waals surface area contributed by atoms with Crippen molar-refractivity contribution in [2.24, 2.45) is 5.73 Å². The molecule has 1 aromatic carbocycles. The van der Waals surface area contributed by atoms with E-state index in [2.05, 4.69) is 26.0 Å². The van der Waals surface area contributed by atoms with Crippen LogP contribution in [0.15, 0.2) is 12.1 Å². The van der Waals surface area contributed by atoms with Crippen LogP contribution in [0, 0.1) is 13.8 Å². The third kappa shape index (κ3) is 3.01. The lowest BCUT2D eigenvalue weighted by Gasteiger charge is -2.25. The third-order valence-electron chi connectivity index (χ3n) is 3.59. The van der Waals surface area contributed by atoms with Gasteiger partial charge in [-0.2, -0.15) is 0 Å². The fraction of sp³-hybridized carbons (Fsp3) is 0.600. The average Bonchev–Trinajstić information content (AvgIpc) is 2.35. The standard InChI is InChI=1S/C15H23NO/c1-11-8-13(10-16)9-12(2)15(11)17-14-6-4-3-5-7-14/h8-9,14H,3-7,10,16H2,1-2H3. The Morgan fingerprint density at radius 2 is 1.71 bits per heavy atom. The zero-order chi connectivity index (χ0) is 12.3. The van der Waals surface area contributed by atoms with Gasteiger partial charge in [-0.15, -0.1) is 0 Å². The molecule has 0 aromatic heterocycles. The highest BCUT2D eigenvalue weighted by Crippen LogP contribution is 2.29. The average molecular weight is 233 g/mol. The molecule has 0 spiro atoms. The van der Waals surface area contributed by atoms with Gasteiger partial charge in [0.15, 0.2) is 0 Å². The largest absolute Gasteiger partial charge is 0.490 e. The minimum absolute atomic E-state index is 0.421. The van der Waals surface area contributed by atoms with Crippen molar-refractivity contribution in [1.29, 1.82) is 0 Å². The number of aryl methyl sites for hydroxylation is 2. The Morgan fingerprint density at radius 1 is 1.12 bits per heavy atom. The first kappa shape index (κ1) is 12.4. The lowest BCUT2D eigenvalue weighted by Crippen LogP contribution is -2.20. The Bertz CT molecular complexity index is 358. The topological polar surface area (TPSA) is 35.2 Å². The molecule has 0 heterocycles. The maximum absolute atomic E-state index is 6.18. The molecule has 0 bridgehead atoms. The molecule has 0 aliphatic heterocycles. The Labute approximate surface area is 104 Å². The molecule has 0 radical (unpaired) electrons. The number of hydrogen-bond acceptors (Lipinski definition) is 2. The Hall–Kier alpha value is -1.02. The van der Waals surface area contributed by atoms with Gasteiger partial charge in [0.05, 0.1) is 6.10 Å². The van der Waals surface area contributed by atoms with Crippen molar-refractivity contribution in [3.63, 3.8) is 0 Å². The van der Waals surface area contributed by atoms with Crippen molar-refractivity contribution >= 4 is 0 Å². The predicted molar refractivity (Wildman–Crippen MR) is 71.3 cm³/mol. The van der Waals surface area contributed by atoms with Crippen LogP contribution in [0.25, 0.3) is 0 Å². The van der Waals surface area contributed by atoms with Crippen molar-refractivity contribution in [2.75, 3.05) is 0 Å². The van der Waals surface area contributed by atoms with Crippen LogP contribution in [0.1, 0.15) is 48.8 Å². The lowest BCUT2D eigenvalue weighted by molar-refractivity contribution is 0.153. The van der Waals surface area contributed by atoms with Crippen LogP contribution in [-0.4, -0.2) is 6.10 Å². The molecule has 17 heavy (non-hydrogen) atoms. The number of benzene rings is 1. The van der Waals surface area contributed by atoms with Gasteiger partial charge in [-0.3, -0.25) is 0 Å². The summed E-state index contributed by atoms with van der Waals surface area (Å²) in [6.07, 6.45) is 6.82. The molecule has 2 nitrogen and oxygen atoms in total. The summed E-state index contributed by atoms with van der Waals surface area (Å²) in [7, 11) is 0. The molecule has 1 saturated carbocycles. The van der Waals surface area contributed by atoms with Crippen molar-refractivity contribution in [1.82, 2.24) is 0 Å². The summed E-state index contributed by atoms with van der Waals surface area (Å²) < 4.78 is 6.18. The zero-order valence-corrected chi connectivity index (χ0v) is 11.0. The fourth-order valence-corrected chi connectivity index (χ4v) is 2.69. The zero-order valence-electron chi connectivity index (χ0n) is 11.0. The van der Waals surface area contributed by atoms with Crippen molar-refractivity contribution in [3.05, 3.63) is 28.8 Å². The van der Waals surface area contributed by atoms with Gasteiger partial charge in [0.25, 0.3) is 0 Å². The normalized spacial score (nSPS) is 17.1. The van der Waals surface area contributed by atoms with Crippen LogP contribution in [0.4, 0.5) is 0 Å². The summed E-state index contributed by atoms with van der Waals surface area (Å²) in [5.41, 5.74) is 9.31. The van der Waals surface area contributed by atoms with E-state index in [0.717, 1.165) is 5.75 Å². The molecule has 2 heteroatoms. The smallest absolute Gasteiger partial charge is 0.125 e. The van der Waals surface area contributed by atoms with E-state index in [9.17, 15) is 0 Å². The van der Waals surface area contributed by atoms with Gasteiger partial charge >= 0.3 is 0 Å². The maximum Gasteiger partial charge on any atom is 0.125 e. The Morgan fingerprint density at radius 3 is 2.24 bits per heavy atom. The second-order valence-electron chi connectivity index (χ2n) is 5.14.